The van der Waals surface area contributed by atoms with E-state index in [0.717, 1.165) is 56.3 Å². The van der Waals surface area contributed by atoms with Crippen LogP contribution in [0.15, 0.2) is 28.9 Å². The van der Waals surface area contributed by atoms with E-state index in [0.29, 0.717) is 5.88 Å². The molecule has 0 amide bonds. The van der Waals surface area contributed by atoms with Gasteiger partial charge in [-0.1, -0.05) is 0 Å². The Kier molecular flexibility index (Phi) is 4.02. The minimum Gasteiger partial charge on any atom is -0.473 e. The van der Waals surface area contributed by atoms with Gasteiger partial charge in [0.15, 0.2) is 0 Å². The molecule has 0 bridgehead atoms. The molecule has 2 aliphatic heterocycles. The van der Waals surface area contributed by atoms with E-state index in [2.05, 4.69) is 14.9 Å². The van der Waals surface area contributed by atoms with Gasteiger partial charge in [0, 0.05) is 32.1 Å². The highest BCUT2D eigenvalue weighted by atomic mass is 16.5. The smallest absolute Gasteiger partial charge is 0.232 e. The Morgan fingerprint density at radius 2 is 2.17 bits per heavy atom. The molecule has 0 aliphatic carbocycles. The fourth-order valence-corrected chi connectivity index (χ4v) is 3.64. The van der Waals surface area contributed by atoms with Crippen molar-refractivity contribution in [3.63, 3.8) is 0 Å². The maximum absolute atomic E-state index is 6.08. The summed E-state index contributed by atoms with van der Waals surface area (Å²) in [4.78, 5) is 10.9. The molecule has 0 N–H and O–H groups in total. The zero-order valence-electron chi connectivity index (χ0n) is 14.2. The highest BCUT2D eigenvalue weighted by Gasteiger charge is 2.48. The van der Waals surface area contributed by atoms with Crippen LogP contribution < -0.4 is 4.74 Å². The predicted octanol–water partition coefficient (Wildman–Crippen LogP) is 2.50. The van der Waals surface area contributed by atoms with Crippen molar-refractivity contribution in [2.24, 2.45) is 0 Å². The second kappa shape index (κ2) is 6.18. The zero-order chi connectivity index (χ0) is 16.6. The van der Waals surface area contributed by atoms with Crippen LogP contribution in [-0.2, 0) is 11.3 Å². The summed E-state index contributed by atoms with van der Waals surface area (Å²) in [7, 11) is 0. The average molecular weight is 329 g/mol. The number of nitrogens with zero attached hydrogens (tertiary/aromatic N) is 3. The zero-order valence-corrected chi connectivity index (χ0v) is 14.2. The van der Waals surface area contributed by atoms with Crippen LogP contribution in [-0.4, -0.2) is 46.3 Å². The maximum Gasteiger partial charge on any atom is 0.232 e. The lowest BCUT2D eigenvalue weighted by atomic mass is 9.84. The second-order valence-electron chi connectivity index (χ2n) is 6.92. The first-order valence-electron chi connectivity index (χ1n) is 8.47. The van der Waals surface area contributed by atoms with Crippen molar-refractivity contribution in [1.29, 1.82) is 0 Å². The van der Waals surface area contributed by atoms with Gasteiger partial charge in [-0.2, -0.15) is 0 Å². The summed E-state index contributed by atoms with van der Waals surface area (Å²) in [5, 5.41) is 0. The minimum atomic E-state index is -0.0815. The van der Waals surface area contributed by atoms with E-state index in [4.69, 9.17) is 13.9 Å². The van der Waals surface area contributed by atoms with E-state index in [1.165, 1.54) is 0 Å². The molecule has 2 aromatic rings. The van der Waals surface area contributed by atoms with Gasteiger partial charge in [0.1, 0.15) is 17.6 Å². The topological polar surface area (TPSA) is 60.6 Å². The van der Waals surface area contributed by atoms with E-state index < -0.39 is 0 Å². The molecule has 2 fully saturated rings. The molecule has 2 saturated heterocycles. The van der Waals surface area contributed by atoms with E-state index in [1.807, 2.05) is 26.0 Å². The third-order valence-corrected chi connectivity index (χ3v) is 4.67. The highest BCUT2D eigenvalue weighted by Crippen LogP contribution is 2.36. The van der Waals surface area contributed by atoms with Gasteiger partial charge in [-0.15, -0.1) is 0 Å². The van der Waals surface area contributed by atoms with Crippen LogP contribution in [0.5, 0.6) is 5.88 Å². The summed E-state index contributed by atoms with van der Waals surface area (Å²) in [6.45, 7) is 7.32. The fourth-order valence-electron chi connectivity index (χ4n) is 3.64. The predicted molar refractivity (Wildman–Crippen MR) is 87.8 cm³/mol. The Balaban J connectivity index is 1.32. The van der Waals surface area contributed by atoms with Crippen molar-refractivity contribution in [2.75, 3.05) is 19.7 Å². The van der Waals surface area contributed by atoms with E-state index in [-0.39, 0.29) is 11.7 Å². The lowest BCUT2D eigenvalue weighted by molar-refractivity contribution is -0.189. The largest absolute Gasteiger partial charge is 0.473 e. The molecule has 1 spiro atoms. The molecular weight excluding hydrogens is 306 g/mol. The Hall–Kier alpha value is -1.92. The van der Waals surface area contributed by atoms with Gasteiger partial charge in [0.2, 0.25) is 5.88 Å². The van der Waals surface area contributed by atoms with Crippen molar-refractivity contribution in [3.8, 4) is 5.88 Å². The first-order chi connectivity index (χ1) is 11.6. The number of hydrogen-bond donors (Lipinski definition) is 0. The molecule has 0 aromatic carbocycles. The van der Waals surface area contributed by atoms with Crippen LogP contribution in [0.1, 0.15) is 30.1 Å². The number of hydrogen-bond acceptors (Lipinski definition) is 6. The summed E-state index contributed by atoms with van der Waals surface area (Å²) in [6, 6.07) is 4.05. The van der Waals surface area contributed by atoms with Crippen LogP contribution >= 0.6 is 0 Å². The summed E-state index contributed by atoms with van der Waals surface area (Å²) in [5.41, 5.74) is 0.791. The molecule has 1 unspecified atom stereocenters. The monoisotopic (exact) mass is 329 g/mol. The van der Waals surface area contributed by atoms with Crippen molar-refractivity contribution >= 4 is 0 Å². The highest BCUT2D eigenvalue weighted by molar-refractivity contribution is 5.10. The Bertz CT molecular complexity index is 709. The van der Waals surface area contributed by atoms with E-state index in [1.54, 1.807) is 12.4 Å². The number of ether oxygens (including phenoxy) is 2. The number of rotatable bonds is 4. The minimum absolute atomic E-state index is 0.0815. The Morgan fingerprint density at radius 1 is 1.29 bits per heavy atom. The molecule has 6 heteroatoms. The van der Waals surface area contributed by atoms with Gasteiger partial charge in [-0.05, 0) is 26.0 Å². The standard InChI is InChI=1S/C18H23N3O3/c1-13-8-19-9-17(20-13)24-15-5-6-22-18(7-15)11-21(12-18)10-16-4-3-14(2)23-16/h3-4,8-9,15H,5-7,10-12H2,1-2H3. The SMILES string of the molecule is Cc1cncc(OC2CCOC3(C2)CN(Cc2ccc(C)o2)C3)n1. The molecule has 1 atom stereocenters. The first-order valence-corrected chi connectivity index (χ1v) is 8.47. The first kappa shape index (κ1) is 15.6. The van der Waals surface area contributed by atoms with Gasteiger partial charge < -0.3 is 13.9 Å². The summed E-state index contributed by atoms with van der Waals surface area (Å²) in [6.07, 6.45) is 5.35. The number of likely N-dealkylation sites (tertiary alicyclic amines) is 1. The van der Waals surface area contributed by atoms with Crippen molar-refractivity contribution in [1.82, 2.24) is 14.9 Å². The lowest BCUT2D eigenvalue weighted by Crippen LogP contribution is -2.65. The molecule has 4 heterocycles. The maximum atomic E-state index is 6.08. The fraction of sp³-hybridized carbons (Fsp3) is 0.556. The quantitative estimate of drug-likeness (QED) is 0.859. The number of aromatic nitrogens is 2. The van der Waals surface area contributed by atoms with Crippen molar-refractivity contribution < 1.29 is 13.9 Å². The Labute approximate surface area is 141 Å². The molecule has 4 rings (SSSR count). The third-order valence-electron chi connectivity index (χ3n) is 4.67. The normalized spacial score (nSPS) is 23.2. The van der Waals surface area contributed by atoms with Gasteiger partial charge in [-0.25, -0.2) is 4.98 Å². The van der Waals surface area contributed by atoms with E-state index in [9.17, 15) is 0 Å². The van der Waals surface area contributed by atoms with Crippen LogP contribution in [0, 0.1) is 13.8 Å². The summed E-state index contributed by atoms with van der Waals surface area (Å²) >= 11 is 0. The van der Waals surface area contributed by atoms with Gasteiger partial charge in [0.25, 0.3) is 0 Å². The van der Waals surface area contributed by atoms with Crippen molar-refractivity contribution in [3.05, 3.63) is 41.7 Å². The lowest BCUT2D eigenvalue weighted by Gasteiger charge is -2.52. The molecule has 2 aromatic heterocycles. The van der Waals surface area contributed by atoms with Crippen LogP contribution in [0.4, 0.5) is 0 Å². The molecule has 0 radical (unpaired) electrons. The number of furan rings is 1. The number of aryl methyl sites for hydroxylation is 2. The average Bonchev–Trinajstić information content (AvgIpc) is 2.91. The molecule has 128 valence electrons. The van der Waals surface area contributed by atoms with Crippen molar-refractivity contribution in [2.45, 2.75) is 44.9 Å². The Morgan fingerprint density at radius 3 is 2.92 bits per heavy atom. The van der Waals surface area contributed by atoms with E-state index >= 15 is 0 Å². The summed E-state index contributed by atoms with van der Waals surface area (Å²) < 4.78 is 17.8. The third kappa shape index (κ3) is 3.30. The molecule has 2 aliphatic rings. The van der Waals surface area contributed by atoms with Crippen LogP contribution in [0.25, 0.3) is 0 Å². The van der Waals surface area contributed by atoms with Gasteiger partial charge >= 0.3 is 0 Å². The molecular formula is C18H23N3O3. The van der Waals surface area contributed by atoms with Crippen LogP contribution in [0.3, 0.4) is 0 Å². The molecule has 24 heavy (non-hydrogen) atoms. The van der Waals surface area contributed by atoms with Gasteiger partial charge in [0.05, 0.1) is 30.6 Å². The summed E-state index contributed by atoms with van der Waals surface area (Å²) in [5.74, 6) is 2.59. The van der Waals surface area contributed by atoms with Gasteiger partial charge in [-0.3, -0.25) is 9.88 Å². The second-order valence-corrected chi connectivity index (χ2v) is 6.92. The molecule has 0 saturated carbocycles. The van der Waals surface area contributed by atoms with Crippen LogP contribution in [0.2, 0.25) is 0 Å². The molecule has 6 nitrogen and oxygen atoms in total.